The molecule has 9 nitrogen and oxygen atoms in total. The Bertz CT molecular complexity index is 800. The minimum absolute atomic E-state index is 0.0211. The maximum atomic E-state index is 12.5. The van der Waals surface area contributed by atoms with E-state index in [1.165, 1.54) is 10.8 Å². The van der Waals surface area contributed by atoms with Gasteiger partial charge < -0.3 is 24.4 Å². The molecule has 3 N–H and O–H groups in total. The summed E-state index contributed by atoms with van der Waals surface area (Å²) in [4.78, 5) is 26.6. The van der Waals surface area contributed by atoms with Crippen LogP contribution in [0.15, 0.2) is 15.8 Å². The fourth-order valence-corrected chi connectivity index (χ4v) is 4.32. The lowest BCUT2D eigenvalue weighted by Gasteiger charge is -2.40. The molecule has 0 aliphatic carbocycles. The van der Waals surface area contributed by atoms with E-state index >= 15 is 0 Å². The summed E-state index contributed by atoms with van der Waals surface area (Å²) in [6.45, 7) is 13.3. The van der Waals surface area contributed by atoms with Crippen molar-refractivity contribution in [3.8, 4) is 0 Å². The Morgan fingerprint density at radius 2 is 1.90 bits per heavy atom. The molecule has 1 aliphatic rings. The second-order valence-electron chi connectivity index (χ2n) is 8.95. The number of methoxy groups -OCH3 is 1. The predicted octanol–water partition coefficient (Wildman–Crippen LogP) is 1.12. The minimum atomic E-state index is -2.17. The zero-order chi connectivity index (χ0) is 22.0. The number of aromatic nitrogens is 2. The number of hydrogen-bond donors (Lipinski definition) is 2. The molecular weight excluding hydrogens is 394 g/mol. The summed E-state index contributed by atoms with van der Waals surface area (Å²) in [7, 11) is -0.582. The first-order chi connectivity index (χ1) is 13.4. The van der Waals surface area contributed by atoms with Gasteiger partial charge in [-0.05, 0) is 25.1 Å². The average Bonchev–Trinajstić information content (AvgIpc) is 2.94. The highest BCUT2D eigenvalue weighted by Crippen LogP contribution is 2.41. The molecule has 0 bridgehead atoms. The van der Waals surface area contributed by atoms with Crippen LogP contribution in [-0.2, 0) is 18.6 Å². The Balaban J connectivity index is 2.45. The van der Waals surface area contributed by atoms with E-state index < -0.39 is 44.1 Å². The van der Waals surface area contributed by atoms with E-state index in [0.29, 0.717) is 18.8 Å². The zero-order valence-electron chi connectivity index (χ0n) is 18.5. The number of aryl methyl sites for hydroxylation is 1. The van der Waals surface area contributed by atoms with E-state index in [4.69, 9.17) is 24.4 Å². The third-order valence-electron chi connectivity index (χ3n) is 5.77. The van der Waals surface area contributed by atoms with E-state index in [0.717, 1.165) is 0 Å². The monoisotopic (exact) mass is 429 g/mol. The van der Waals surface area contributed by atoms with Crippen LogP contribution >= 0.6 is 0 Å². The molecule has 0 unspecified atom stereocenters. The third-order valence-corrected chi connectivity index (χ3v) is 10.2. The van der Waals surface area contributed by atoms with Crippen molar-refractivity contribution < 1.29 is 18.6 Å². The van der Waals surface area contributed by atoms with Gasteiger partial charge in [0.2, 0.25) is 0 Å². The minimum Gasteiger partial charge on any atom is -0.408 e. The lowest BCUT2D eigenvalue weighted by Crippen LogP contribution is -2.51. The van der Waals surface area contributed by atoms with Gasteiger partial charge in [0.25, 0.3) is 5.56 Å². The second kappa shape index (κ2) is 9.23. The van der Waals surface area contributed by atoms with Gasteiger partial charge in [0, 0.05) is 25.4 Å². The molecule has 0 spiro atoms. The number of rotatable bonds is 8. The fraction of sp³-hybridized carbons (Fsp3) is 0.789. The largest absolute Gasteiger partial charge is 0.408 e. The first kappa shape index (κ1) is 24.0. The van der Waals surface area contributed by atoms with Gasteiger partial charge in [-0.1, -0.05) is 20.8 Å². The van der Waals surface area contributed by atoms with Crippen molar-refractivity contribution in [2.75, 3.05) is 26.9 Å². The van der Waals surface area contributed by atoms with Crippen LogP contribution in [0, 0.1) is 6.92 Å². The molecule has 29 heavy (non-hydrogen) atoms. The Hall–Kier alpha value is -1.30. The molecule has 2 heterocycles. The zero-order valence-corrected chi connectivity index (χ0v) is 19.5. The van der Waals surface area contributed by atoms with Crippen molar-refractivity contribution >= 4 is 8.32 Å². The number of hydrogen-bond acceptors (Lipinski definition) is 7. The average molecular weight is 430 g/mol. The Labute approximate surface area is 172 Å². The summed E-state index contributed by atoms with van der Waals surface area (Å²) < 4.78 is 25.3. The standard InChI is InChI=1S/C19H35N3O6Si/c1-12-11-22(18(24)21-16(12)23)17-15(26-9-8-25-5)14(13(10-20)27-17)28-29(6,7)19(2,3)4/h11,13-15,17H,8-10,20H2,1-7H3,(H,21,23,24)/t13-,14-,15-,17-/m1/s1. The quantitative estimate of drug-likeness (QED) is 0.470. The number of H-pyrrole nitrogens is 1. The predicted molar refractivity (Wildman–Crippen MR) is 113 cm³/mol. The molecule has 1 saturated heterocycles. The van der Waals surface area contributed by atoms with E-state index in [-0.39, 0.29) is 11.6 Å². The van der Waals surface area contributed by atoms with Crippen molar-refractivity contribution in [1.82, 2.24) is 9.55 Å². The summed E-state index contributed by atoms with van der Waals surface area (Å²) in [6, 6.07) is 0. The summed E-state index contributed by atoms with van der Waals surface area (Å²) in [5.41, 5.74) is 5.41. The molecule has 0 radical (unpaired) electrons. The first-order valence-electron chi connectivity index (χ1n) is 9.89. The molecule has 0 saturated carbocycles. The molecule has 1 aliphatic heterocycles. The molecule has 4 atom stereocenters. The smallest absolute Gasteiger partial charge is 0.330 e. The molecule has 1 aromatic heterocycles. The van der Waals surface area contributed by atoms with Crippen LogP contribution in [0.5, 0.6) is 0 Å². The highest BCUT2D eigenvalue weighted by Gasteiger charge is 2.51. The van der Waals surface area contributed by atoms with Crippen LogP contribution in [0.3, 0.4) is 0 Å². The summed E-state index contributed by atoms with van der Waals surface area (Å²) >= 11 is 0. The molecule has 0 aromatic carbocycles. The molecule has 1 fully saturated rings. The Morgan fingerprint density at radius 3 is 2.45 bits per heavy atom. The number of nitrogens with one attached hydrogen (secondary N) is 1. The maximum Gasteiger partial charge on any atom is 0.330 e. The Kier molecular flexibility index (Phi) is 7.63. The van der Waals surface area contributed by atoms with Gasteiger partial charge in [0.1, 0.15) is 18.3 Å². The third kappa shape index (κ3) is 5.25. The lowest BCUT2D eigenvalue weighted by molar-refractivity contribution is -0.0781. The molecule has 166 valence electrons. The van der Waals surface area contributed by atoms with Crippen LogP contribution in [0.4, 0.5) is 0 Å². The van der Waals surface area contributed by atoms with Crippen molar-refractivity contribution in [2.45, 2.75) is 70.4 Å². The van der Waals surface area contributed by atoms with Gasteiger partial charge in [-0.25, -0.2) is 4.79 Å². The van der Waals surface area contributed by atoms with Crippen LogP contribution < -0.4 is 17.0 Å². The van der Waals surface area contributed by atoms with E-state index in [2.05, 4.69) is 38.8 Å². The highest BCUT2D eigenvalue weighted by atomic mass is 28.4. The summed E-state index contributed by atoms with van der Waals surface area (Å²) in [6.07, 6.45) is -0.738. The van der Waals surface area contributed by atoms with Crippen molar-refractivity contribution in [1.29, 1.82) is 0 Å². The van der Waals surface area contributed by atoms with E-state index in [1.54, 1.807) is 14.0 Å². The number of ether oxygens (including phenoxy) is 3. The van der Waals surface area contributed by atoms with E-state index in [9.17, 15) is 9.59 Å². The van der Waals surface area contributed by atoms with Crippen LogP contribution in [0.2, 0.25) is 18.1 Å². The van der Waals surface area contributed by atoms with Crippen LogP contribution in [0.25, 0.3) is 0 Å². The van der Waals surface area contributed by atoms with Crippen LogP contribution in [0.1, 0.15) is 32.6 Å². The van der Waals surface area contributed by atoms with Gasteiger partial charge in [0.15, 0.2) is 14.5 Å². The van der Waals surface area contributed by atoms with Crippen molar-refractivity contribution in [3.05, 3.63) is 32.6 Å². The lowest BCUT2D eigenvalue weighted by atomic mass is 10.1. The fourth-order valence-electron chi connectivity index (χ4n) is 3.00. The first-order valence-corrected chi connectivity index (χ1v) is 12.8. The maximum absolute atomic E-state index is 12.5. The van der Waals surface area contributed by atoms with E-state index in [1.807, 2.05) is 0 Å². The SMILES string of the molecule is COCCO[C@@H]1[C@H](O[Si](C)(C)C(C)(C)C)[C@@H](CN)O[C@H]1n1cc(C)c(=O)[nH]c1=O. The van der Waals surface area contributed by atoms with Crippen molar-refractivity contribution in [2.24, 2.45) is 5.73 Å². The number of aromatic amines is 1. The summed E-state index contributed by atoms with van der Waals surface area (Å²) in [5, 5.41) is -0.0211. The molecule has 10 heteroatoms. The number of nitrogens with two attached hydrogens (primary N) is 1. The van der Waals surface area contributed by atoms with Crippen molar-refractivity contribution in [3.63, 3.8) is 0 Å². The Morgan fingerprint density at radius 1 is 1.24 bits per heavy atom. The van der Waals surface area contributed by atoms with Gasteiger partial charge in [-0.3, -0.25) is 14.3 Å². The van der Waals surface area contributed by atoms with Gasteiger partial charge in [0.05, 0.1) is 13.2 Å². The number of nitrogens with zero attached hydrogens (tertiary/aromatic N) is 1. The molecular formula is C19H35N3O6Si. The molecule has 1 aromatic rings. The second-order valence-corrected chi connectivity index (χ2v) is 13.7. The van der Waals surface area contributed by atoms with Gasteiger partial charge in [-0.2, -0.15) is 0 Å². The summed E-state index contributed by atoms with van der Waals surface area (Å²) in [5.74, 6) is 0. The topological polar surface area (TPSA) is 118 Å². The normalized spacial score (nSPS) is 25.5. The molecule has 0 amide bonds. The van der Waals surface area contributed by atoms with Crippen LogP contribution in [-0.4, -0.2) is 63.0 Å². The van der Waals surface area contributed by atoms with Gasteiger partial charge in [-0.15, -0.1) is 0 Å². The van der Waals surface area contributed by atoms with Gasteiger partial charge >= 0.3 is 5.69 Å². The highest BCUT2D eigenvalue weighted by molar-refractivity contribution is 6.74. The molecule has 2 rings (SSSR count).